The van der Waals surface area contributed by atoms with Crippen molar-refractivity contribution in [1.29, 1.82) is 0 Å². The number of hydrogen-bond acceptors (Lipinski definition) is 4. The molecule has 18 heavy (non-hydrogen) atoms. The van der Waals surface area contributed by atoms with Gasteiger partial charge in [0.25, 0.3) is 0 Å². The van der Waals surface area contributed by atoms with Crippen LogP contribution in [0.15, 0.2) is 29.0 Å². The quantitative estimate of drug-likeness (QED) is 0.867. The summed E-state index contributed by atoms with van der Waals surface area (Å²) < 4.78 is 0.726. The normalized spacial score (nSPS) is 10.2. The highest BCUT2D eigenvalue weighted by Crippen LogP contribution is 2.34. The molecule has 0 saturated heterocycles. The van der Waals surface area contributed by atoms with Gasteiger partial charge < -0.3 is 10.6 Å². The van der Waals surface area contributed by atoms with E-state index in [4.69, 9.17) is 23.2 Å². The second-order valence-electron chi connectivity index (χ2n) is 3.36. The smallest absolute Gasteiger partial charge is 0.150 e. The van der Waals surface area contributed by atoms with E-state index in [0.717, 1.165) is 4.47 Å². The molecule has 1 heterocycles. The fourth-order valence-corrected chi connectivity index (χ4v) is 2.21. The van der Waals surface area contributed by atoms with E-state index in [1.54, 1.807) is 13.1 Å². The Bertz CT molecular complexity index is 577. The van der Waals surface area contributed by atoms with Crippen molar-refractivity contribution in [3.63, 3.8) is 0 Å². The molecule has 2 rings (SSSR count). The predicted octanol–water partition coefficient (Wildman–Crippen LogP) is 4.33. The molecular weight excluding hydrogens is 339 g/mol. The van der Waals surface area contributed by atoms with Crippen molar-refractivity contribution in [3.8, 4) is 0 Å². The maximum absolute atomic E-state index is 6.10. The monoisotopic (exact) mass is 346 g/mol. The SMILES string of the molecule is CNc1ncnc(Nc2cccc(Cl)c2Cl)c1Br. The van der Waals surface area contributed by atoms with Crippen molar-refractivity contribution in [2.75, 3.05) is 17.7 Å². The van der Waals surface area contributed by atoms with Crippen molar-refractivity contribution < 1.29 is 0 Å². The first kappa shape index (κ1) is 13.4. The number of nitrogens with one attached hydrogen (secondary N) is 2. The Kier molecular flexibility index (Phi) is 4.27. The summed E-state index contributed by atoms with van der Waals surface area (Å²) in [6.07, 6.45) is 1.46. The summed E-state index contributed by atoms with van der Waals surface area (Å²) in [4.78, 5) is 8.21. The number of halogens is 3. The summed E-state index contributed by atoms with van der Waals surface area (Å²) in [5, 5.41) is 6.99. The zero-order valence-corrected chi connectivity index (χ0v) is 12.4. The Balaban J connectivity index is 2.37. The fraction of sp³-hybridized carbons (Fsp3) is 0.0909. The number of hydrogen-bond donors (Lipinski definition) is 2. The molecular formula is C11H9BrCl2N4. The number of rotatable bonds is 3. The molecule has 7 heteroatoms. The average Bonchev–Trinajstić information content (AvgIpc) is 2.37. The third kappa shape index (κ3) is 2.68. The lowest BCUT2D eigenvalue weighted by Gasteiger charge is -2.11. The highest BCUT2D eigenvalue weighted by atomic mass is 79.9. The molecule has 4 nitrogen and oxygen atoms in total. The van der Waals surface area contributed by atoms with E-state index in [-0.39, 0.29) is 0 Å². The number of benzene rings is 1. The first-order valence-electron chi connectivity index (χ1n) is 5.02. The largest absolute Gasteiger partial charge is 0.372 e. The van der Waals surface area contributed by atoms with Gasteiger partial charge in [-0.1, -0.05) is 29.3 Å². The van der Waals surface area contributed by atoms with E-state index in [0.29, 0.717) is 27.4 Å². The van der Waals surface area contributed by atoms with Gasteiger partial charge in [0.2, 0.25) is 0 Å². The molecule has 0 bridgehead atoms. The number of nitrogens with zero attached hydrogens (tertiary/aromatic N) is 2. The minimum atomic E-state index is 0.454. The van der Waals surface area contributed by atoms with Gasteiger partial charge in [-0.05, 0) is 28.1 Å². The van der Waals surface area contributed by atoms with Gasteiger partial charge in [0.1, 0.15) is 22.4 Å². The predicted molar refractivity (Wildman–Crippen MR) is 79.0 cm³/mol. The third-order valence-corrected chi connectivity index (χ3v) is 3.80. The molecule has 0 aliphatic rings. The third-order valence-electron chi connectivity index (χ3n) is 2.23. The van der Waals surface area contributed by atoms with Crippen LogP contribution in [0.3, 0.4) is 0 Å². The van der Waals surface area contributed by atoms with Crippen LogP contribution in [0.25, 0.3) is 0 Å². The Hall–Kier alpha value is -1.04. The van der Waals surface area contributed by atoms with Crippen LogP contribution in [0.5, 0.6) is 0 Å². The van der Waals surface area contributed by atoms with Crippen LogP contribution in [0.2, 0.25) is 10.0 Å². The molecule has 2 aromatic rings. The highest BCUT2D eigenvalue weighted by Gasteiger charge is 2.10. The van der Waals surface area contributed by atoms with Gasteiger partial charge in [-0.15, -0.1) is 0 Å². The summed E-state index contributed by atoms with van der Waals surface area (Å²) >= 11 is 15.5. The van der Waals surface area contributed by atoms with E-state index >= 15 is 0 Å². The zero-order valence-electron chi connectivity index (χ0n) is 9.34. The summed E-state index contributed by atoms with van der Waals surface area (Å²) in [7, 11) is 1.78. The second kappa shape index (κ2) is 5.73. The lowest BCUT2D eigenvalue weighted by Crippen LogP contribution is -2.00. The van der Waals surface area contributed by atoms with Crippen molar-refractivity contribution in [3.05, 3.63) is 39.0 Å². The van der Waals surface area contributed by atoms with Crippen molar-refractivity contribution in [1.82, 2.24) is 9.97 Å². The Morgan fingerprint density at radius 2 is 1.89 bits per heavy atom. The number of aromatic nitrogens is 2. The van der Waals surface area contributed by atoms with E-state index in [9.17, 15) is 0 Å². The molecule has 0 unspecified atom stereocenters. The summed E-state index contributed by atoms with van der Waals surface area (Å²) in [5.41, 5.74) is 0.686. The molecule has 1 aromatic carbocycles. The maximum Gasteiger partial charge on any atom is 0.150 e. The van der Waals surface area contributed by atoms with Gasteiger partial charge in [0.15, 0.2) is 0 Å². The molecule has 0 saturated carbocycles. The average molecular weight is 348 g/mol. The molecule has 0 amide bonds. The van der Waals surface area contributed by atoms with Crippen LogP contribution < -0.4 is 10.6 Å². The Labute approximate surface area is 123 Å². The summed E-state index contributed by atoms with van der Waals surface area (Å²) in [6.45, 7) is 0. The highest BCUT2D eigenvalue weighted by molar-refractivity contribution is 9.10. The molecule has 0 atom stereocenters. The van der Waals surface area contributed by atoms with Gasteiger partial charge in [0.05, 0.1) is 15.7 Å². The van der Waals surface area contributed by atoms with Gasteiger partial charge in [0, 0.05) is 7.05 Å². The molecule has 94 valence electrons. The lowest BCUT2D eigenvalue weighted by atomic mass is 10.3. The molecule has 0 aliphatic carbocycles. The van der Waals surface area contributed by atoms with Gasteiger partial charge >= 0.3 is 0 Å². The van der Waals surface area contributed by atoms with Crippen molar-refractivity contribution >= 4 is 56.5 Å². The Morgan fingerprint density at radius 3 is 2.61 bits per heavy atom. The maximum atomic E-state index is 6.10. The molecule has 0 aliphatic heterocycles. The second-order valence-corrected chi connectivity index (χ2v) is 4.94. The molecule has 0 fully saturated rings. The first-order chi connectivity index (χ1) is 8.63. The van der Waals surface area contributed by atoms with Crippen molar-refractivity contribution in [2.45, 2.75) is 0 Å². The van der Waals surface area contributed by atoms with Crippen LogP contribution >= 0.6 is 39.1 Å². The zero-order chi connectivity index (χ0) is 13.1. The van der Waals surface area contributed by atoms with Crippen LogP contribution in [-0.2, 0) is 0 Å². The first-order valence-corrected chi connectivity index (χ1v) is 6.57. The van der Waals surface area contributed by atoms with Gasteiger partial charge in [-0.2, -0.15) is 0 Å². The van der Waals surface area contributed by atoms with Crippen LogP contribution in [0, 0.1) is 0 Å². The standard InChI is InChI=1S/C11H9BrCl2N4/c1-15-10-8(12)11(17-5-16-10)18-7-4-2-3-6(13)9(7)14/h2-5H,1H3,(H2,15,16,17,18). The van der Waals surface area contributed by atoms with Crippen LogP contribution in [0.4, 0.5) is 17.3 Å². The van der Waals surface area contributed by atoms with Gasteiger partial charge in [-0.25, -0.2) is 9.97 Å². The molecule has 0 spiro atoms. The van der Waals surface area contributed by atoms with Crippen LogP contribution in [-0.4, -0.2) is 17.0 Å². The van der Waals surface area contributed by atoms with Crippen LogP contribution in [0.1, 0.15) is 0 Å². The van der Waals surface area contributed by atoms with E-state index < -0.39 is 0 Å². The summed E-state index contributed by atoms with van der Waals surface area (Å²) in [6, 6.07) is 5.36. The Morgan fingerprint density at radius 1 is 1.17 bits per heavy atom. The minimum absolute atomic E-state index is 0.454. The molecule has 1 aromatic heterocycles. The minimum Gasteiger partial charge on any atom is -0.372 e. The van der Waals surface area contributed by atoms with Crippen molar-refractivity contribution in [2.24, 2.45) is 0 Å². The molecule has 0 radical (unpaired) electrons. The number of anilines is 3. The topological polar surface area (TPSA) is 49.8 Å². The molecule has 2 N–H and O–H groups in total. The van der Waals surface area contributed by atoms with E-state index in [1.807, 2.05) is 12.1 Å². The summed E-state index contributed by atoms with van der Waals surface area (Å²) in [5.74, 6) is 1.30. The van der Waals surface area contributed by atoms with E-state index in [2.05, 4.69) is 36.5 Å². The lowest BCUT2D eigenvalue weighted by molar-refractivity contribution is 1.14. The van der Waals surface area contributed by atoms with E-state index in [1.165, 1.54) is 6.33 Å². The fourth-order valence-electron chi connectivity index (χ4n) is 1.36. The van der Waals surface area contributed by atoms with Gasteiger partial charge in [-0.3, -0.25) is 0 Å².